The molecule has 1 aliphatic carbocycles. The number of H-pyrrole nitrogens is 1. The van der Waals surface area contributed by atoms with E-state index in [9.17, 15) is 0 Å². The van der Waals surface area contributed by atoms with Crippen molar-refractivity contribution in [1.29, 1.82) is 0 Å². The Morgan fingerprint density at radius 2 is 2.19 bits per heavy atom. The van der Waals surface area contributed by atoms with E-state index in [1.807, 2.05) is 6.33 Å². The predicted molar refractivity (Wildman–Crippen MR) is 71.8 cm³/mol. The average molecular weight is 234 g/mol. The van der Waals surface area contributed by atoms with Gasteiger partial charge in [0.15, 0.2) is 0 Å². The van der Waals surface area contributed by atoms with Gasteiger partial charge in [-0.15, -0.1) is 0 Å². The normalized spacial score (nSPS) is 21.3. The first kappa shape index (κ1) is 11.6. The van der Waals surface area contributed by atoms with Gasteiger partial charge in [-0.3, -0.25) is 0 Å². The summed E-state index contributed by atoms with van der Waals surface area (Å²) in [7, 11) is -1.25. The smallest absolute Gasteiger partial charge is 0.101 e. The van der Waals surface area contributed by atoms with E-state index in [0.717, 1.165) is 12.3 Å². The highest BCUT2D eigenvalue weighted by atomic mass is 28.3. The average Bonchev–Trinajstić information content (AvgIpc) is 2.67. The second-order valence-corrected chi connectivity index (χ2v) is 10.8. The van der Waals surface area contributed by atoms with E-state index in [4.69, 9.17) is 0 Å². The van der Waals surface area contributed by atoms with Crippen LogP contribution in [0, 0.1) is 5.92 Å². The Morgan fingerprint density at radius 1 is 1.38 bits per heavy atom. The van der Waals surface area contributed by atoms with Gasteiger partial charge in [-0.2, -0.15) is 0 Å². The summed E-state index contributed by atoms with van der Waals surface area (Å²) in [6.07, 6.45) is 11.5. The van der Waals surface area contributed by atoms with E-state index in [-0.39, 0.29) is 0 Å². The van der Waals surface area contributed by atoms with Gasteiger partial charge in [0, 0.05) is 5.32 Å². The SMILES string of the molecule is C[Si](C)(C)c1[nH]cnc1CC1CC=CCC1. The molecule has 0 aliphatic heterocycles. The Labute approximate surface area is 99.2 Å². The van der Waals surface area contributed by atoms with Crippen LogP contribution in [0.2, 0.25) is 19.6 Å². The summed E-state index contributed by atoms with van der Waals surface area (Å²) in [4.78, 5) is 7.90. The fraction of sp³-hybridized carbons (Fsp3) is 0.615. The molecule has 0 saturated carbocycles. The Bertz CT molecular complexity index is 374. The van der Waals surface area contributed by atoms with Crippen LogP contribution in [0.1, 0.15) is 25.0 Å². The molecule has 2 rings (SSSR count). The van der Waals surface area contributed by atoms with Crippen LogP contribution >= 0.6 is 0 Å². The lowest BCUT2D eigenvalue weighted by molar-refractivity contribution is 0.474. The molecular formula is C13H22N2Si. The van der Waals surface area contributed by atoms with Crippen molar-refractivity contribution in [1.82, 2.24) is 9.97 Å². The van der Waals surface area contributed by atoms with E-state index in [1.54, 1.807) is 0 Å². The van der Waals surface area contributed by atoms with E-state index >= 15 is 0 Å². The number of imidazole rings is 1. The van der Waals surface area contributed by atoms with Crippen molar-refractivity contribution in [2.45, 2.75) is 45.3 Å². The van der Waals surface area contributed by atoms with Gasteiger partial charge in [-0.05, 0) is 31.6 Å². The third-order valence-electron chi connectivity index (χ3n) is 3.33. The number of hydrogen-bond donors (Lipinski definition) is 1. The Hall–Kier alpha value is -0.833. The lowest BCUT2D eigenvalue weighted by Gasteiger charge is -2.20. The molecule has 1 atom stereocenters. The third kappa shape index (κ3) is 2.64. The number of rotatable bonds is 3. The largest absolute Gasteiger partial charge is 0.352 e. The lowest BCUT2D eigenvalue weighted by atomic mass is 9.90. The highest BCUT2D eigenvalue weighted by Gasteiger charge is 2.24. The minimum atomic E-state index is -1.25. The van der Waals surface area contributed by atoms with Crippen molar-refractivity contribution in [3.05, 3.63) is 24.2 Å². The molecule has 88 valence electrons. The predicted octanol–water partition coefficient (Wildman–Crippen LogP) is 2.85. The zero-order valence-electron chi connectivity index (χ0n) is 10.6. The van der Waals surface area contributed by atoms with E-state index < -0.39 is 8.07 Å². The first-order valence-corrected chi connectivity index (χ1v) is 9.75. The second kappa shape index (κ2) is 4.58. The van der Waals surface area contributed by atoms with Crippen molar-refractivity contribution in [3.63, 3.8) is 0 Å². The molecule has 0 spiro atoms. The molecule has 1 N–H and O–H groups in total. The highest BCUT2D eigenvalue weighted by molar-refractivity contribution is 6.88. The maximum absolute atomic E-state index is 4.53. The van der Waals surface area contributed by atoms with Gasteiger partial charge >= 0.3 is 0 Å². The molecule has 16 heavy (non-hydrogen) atoms. The molecule has 3 heteroatoms. The number of aromatic nitrogens is 2. The van der Waals surface area contributed by atoms with E-state index in [0.29, 0.717) is 0 Å². The van der Waals surface area contributed by atoms with Crippen LogP contribution in [0.5, 0.6) is 0 Å². The van der Waals surface area contributed by atoms with Gasteiger partial charge < -0.3 is 4.98 Å². The zero-order valence-corrected chi connectivity index (χ0v) is 11.6. The number of nitrogens with zero attached hydrogens (tertiary/aromatic N) is 1. The van der Waals surface area contributed by atoms with Crippen molar-refractivity contribution in [2.24, 2.45) is 5.92 Å². The molecule has 1 unspecified atom stereocenters. The standard InChI is InChI=1S/C13H22N2Si/c1-16(2,3)13-12(14-10-15-13)9-11-7-5-4-6-8-11/h4-5,10-11H,6-9H2,1-3H3,(H,14,15). The van der Waals surface area contributed by atoms with Crippen molar-refractivity contribution in [2.75, 3.05) is 0 Å². The van der Waals surface area contributed by atoms with Crippen LogP contribution in [0.15, 0.2) is 18.5 Å². The summed E-state index contributed by atoms with van der Waals surface area (Å²) in [6.45, 7) is 7.14. The van der Waals surface area contributed by atoms with E-state index in [1.165, 1.54) is 30.3 Å². The zero-order chi connectivity index (χ0) is 11.6. The van der Waals surface area contributed by atoms with Crippen LogP contribution in [0.25, 0.3) is 0 Å². The molecular weight excluding hydrogens is 212 g/mol. The summed E-state index contributed by atoms with van der Waals surface area (Å²) in [6, 6.07) is 0. The molecule has 0 radical (unpaired) electrons. The first-order chi connectivity index (χ1) is 7.57. The van der Waals surface area contributed by atoms with Gasteiger partial charge in [0.1, 0.15) is 8.07 Å². The van der Waals surface area contributed by atoms with Crippen LogP contribution in [0.3, 0.4) is 0 Å². The van der Waals surface area contributed by atoms with Gasteiger partial charge in [0.05, 0.1) is 12.0 Å². The third-order valence-corrected chi connectivity index (χ3v) is 5.26. The fourth-order valence-electron chi connectivity index (χ4n) is 2.44. The fourth-order valence-corrected chi connectivity index (χ4v) is 3.97. The van der Waals surface area contributed by atoms with Crippen molar-refractivity contribution < 1.29 is 0 Å². The van der Waals surface area contributed by atoms with Crippen molar-refractivity contribution in [3.8, 4) is 0 Å². The minimum Gasteiger partial charge on any atom is -0.352 e. The number of aromatic amines is 1. The van der Waals surface area contributed by atoms with Crippen LogP contribution in [0.4, 0.5) is 0 Å². The Morgan fingerprint density at radius 3 is 2.81 bits per heavy atom. The number of hydrogen-bond acceptors (Lipinski definition) is 1. The molecule has 1 aliphatic rings. The summed E-state index contributed by atoms with van der Waals surface area (Å²) in [5.74, 6) is 0.809. The van der Waals surface area contributed by atoms with Crippen LogP contribution in [-0.2, 0) is 6.42 Å². The summed E-state index contributed by atoms with van der Waals surface area (Å²) >= 11 is 0. The Kier molecular flexibility index (Phi) is 3.33. The highest BCUT2D eigenvalue weighted by Crippen LogP contribution is 2.21. The second-order valence-electron chi connectivity index (χ2n) is 5.83. The molecule has 0 bridgehead atoms. The molecule has 2 nitrogen and oxygen atoms in total. The number of allylic oxidation sites excluding steroid dienone is 2. The van der Waals surface area contributed by atoms with Crippen LogP contribution in [-0.4, -0.2) is 18.0 Å². The maximum Gasteiger partial charge on any atom is 0.101 e. The minimum absolute atomic E-state index is 0.809. The molecule has 1 aromatic rings. The molecule has 1 aromatic heterocycles. The maximum atomic E-state index is 4.53. The quantitative estimate of drug-likeness (QED) is 0.632. The lowest BCUT2D eigenvalue weighted by Crippen LogP contribution is -2.41. The van der Waals surface area contributed by atoms with Gasteiger partial charge in [0.25, 0.3) is 0 Å². The van der Waals surface area contributed by atoms with Crippen molar-refractivity contribution >= 4 is 13.4 Å². The van der Waals surface area contributed by atoms with Gasteiger partial charge in [-0.1, -0.05) is 31.8 Å². The van der Waals surface area contributed by atoms with E-state index in [2.05, 4.69) is 41.8 Å². The molecule has 0 fully saturated rings. The van der Waals surface area contributed by atoms with Gasteiger partial charge in [-0.25, -0.2) is 4.98 Å². The molecule has 0 saturated heterocycles. The summed E-state index contributed by atoms with van der Waals surface area (Å²) in [5, 5.41) is 1.45. The number of nitrogens with one attached hydrogen (secondary N) is 1. The molecule has 0 amide bonds. The van der Waals surface area contributed by atoms with Gasteiger partial charge in [0.2, 0.25) is 0 Å². The topological polar surface area (TPSA) is 28.7 Å². The first-order valence-electron chi connectivity index (χ1n) is 6.25. The van der Waals surface area contributed by atoms with Crippen LogP contribution < -0.4 is 5.32 Å². The monoisotopic (exact) mass is 234 g/mol. The summed E-state index contributed by atoms with van der Waals surface area (Å²) < 4.78 is 0. The summed E-state index contributed by atoms with van der Waals surface area (Å²) in [5.41, 5.74) is 1.33. The Balaban J connectivity index is 2.09. The molecule has 0 aromatic carbocycles. The molecule has 1 heterocycles.